The second-order valence-electron chi connectivity index (χ2n) is 7.02. The summed E-state index contributed by atoms with van der Waals surface area (Å²) in [4.78, 5) is 0. The largest absolute Gasteiger partial charge is 0.407 e. The van der Waals surface area contributed by atoms with Crippen LogP contribution in [0.25, 0.3) is 21.5 Å². The molecule has 4 aromatic carbocycles. The van der Waals surface area contributed by atoms with Crippen molar-refractivity contribution < 1.29 is 4.43 Å². The van der Waals surface area contributed by atoms with Gasteiger partial charge in [0.25, 0.3) is 9.04 Å². The Morgan fingerprint density at radius 3 is 1.79 bits per heavy atom. The van der Waals surface area contributed by atoms with E-state index >= 15 is 0 Å². The molecule has 139 valence electrons. The molecule has 0 amide bonds. The highest BCUT2D eigenvalue weighted by molar-refractivity contribution is 6.83. The van der Waals surface area contributed by atoms with Crippen LogP contribution in [-0.4, -0.2) is 15.6 Å². The third-order valence-corrected chi connectivity index (χ3v) is 7.46. The molecule has 0 aliphatic rings. The zero-order chi connectivity index (χ0) is 19.2. The Morgan fingerprint density at radius 1 is 0.679 bits per heavy atom. The average molecular weight is 382 g/mol. The lowest BCUT2D eigenvalue weighted by molar-refractivity contribution is 0.322. The minimum Gasteiger partial charge on any atom is -0.407 e. The summed E-state index contributed by atoms with van der Waals surface area (Å²) in [6, 6.07) is 30.5. The van der Waals surface area contributed by atoms with Crippen LogP contribution in [0.15, 0.2) is 97.6 Å². The smallest absolute Gasteiger partial charge is 0.284 e. The third-order valence-electron chi connectivity index (χ3n) is 5.12. The van der Waals surface area contributed by atoms with Gasteiger partial charge in [0.05, 0.1) is 0 Å². The van der Waals surface area contributed by atoms with Crippen LogP contribution in [-0.2, 0) is 4.43 Å². The number of fused-ring (bicyclic) bond motifs is 2. The number of rotatable bonds is 8. The molecule has 4 aromatic rings. The van der Waals surface area contributed by atoms with Crippen molar-refractivity contribution in [2.45, 2.75) is 19.3 Å². The van der Waals surface area contributed by atoms with Crippen LogP contribution in [0.4, 0.5) is 0 Å². The summed E-state index contributed by atoms with van der Waals surface area (Å²) < 4.78 is 6.64. The van der Waals surface area contributed by atoms with Gasteiger partial charge in [0.2, 0.25) is 0 Å². The molecule has 0 spiro atoms. The summed E-state index contributed by atoms with van der Waals surface area (Å²) in [5.74, 6) is 0. The maximum atomic E-state index is 6.64. The summed E-state index contributed by atoms with van der Waals surface area (Å²) in [5, 5.41) is 7.83. The van der Waals surface area contributed by atoms with Crippen LogP contribution in [0.2, 0.25) is 0 Å². The van der Waals surface area contributed by atoms with Gasteiger partial charge in [-0.05, 0) is 51.2 Å². The lowest BCUT2D eigenvalue weighted by Gasteiger charge is -2.20. The second-order valence-corrected chi connectivity index (χ2v) is 9.04. The highest BCUT2D eigenvalue weighted by atomic mass is 28.3. The minimum absolute atomic E-state index is 0.786. The van der Waals surface area contributed by atoms with E-state index in [1.54, 1.807) is 0 Å². The molecule has 0 saturated heterocycles. The first-order chi connectivity index (χ1) is 13.9. The Balaban J connectivity index is 1.78. The summed E-state index contributed by atoms with van der Waals surface area (Å²) in [6.07, 6.45) is 5.23. The van der Waals surface area contributed by atoms with E-state index in [-0.39, 0.29) is 0 Å². The molecular weight excluding hydrogens is 356 g/mol. The Labute approximate surface area is 169 Å². The van der Waals surface area contributed by atoms with Crippen LogP contribution in [0.3, 0.4) is 0 Å². The van der Waals surface area contributed by atoms with Gasteiger partial charge < -0.3 is 4.43 Å². The summed E-state index contributed by atoms with van der Waals surface area (Å²) in [5.41, 5.74) is 0. The molecule has 0 fully saturated rings. The molecule has 0 aliphatic carbocycles. The molecule has 28 heavy (non-hydrogen) atoms. The number of allylic oxidation sites excluding steroid dienone is 1. The molecule has 1 radical (unpaired) electrons. The molecule has 4 rings (SSSR count). The van der Waals surface area contributed by atoms with Gasteiger partial charge in [-0.15, -0.1) is 6.58 Å². The van der Waals surface area contributed by atoms with Crippen molar-refractivity contribution in [1.82, 2.24) is 0 Å². The molecule has 0 heterocycles. The number of unbranched alkanes of at least 4 members (excludes halogenated alkanes) is 2. The first-order valence-corrected chi connectivity index (χ1v) is 11.4. The molecule has 0 aromatic heterocycles. The molecule has 0 aliphatic heterocycles. The second kappa shape index (κ2) is 9.00. The zero-order valence-corrected chi connectivity index (χ0v) is 17.1. The molecule has 0 unspecified atom stereocenters. The highest BCUT2D eigenvalue weighted by Gasteiger charge is 2.23. The first kappa shape index (κ1) is 18.7. The normalized spacial score (nSPS) is 11.3. The topological polar surface area (TPSA) is 9.23 Å². The molecular formula is C26H25OSi. The van der Waals surface area contributed by atoms with Gasteiger partial charge in [0.1, 0.15) is 0 Å². The Hall–Kier alpha value is -2.68. The van der Waals surface area contributed by atoms with E-state index in [1.165, 1.54) is 31.9 Å². The number of benzene rings is 4. The van der Waals surface area contributed by atoms with Crippen molar-refractivity contribution in [3.63, 3.8) is 0 Å². The monoisotopic (exact) mass is 381 g/mol. The lowest BCUT2D eigenvalue weighted by Crippen LogP contribution is -2.46. The number of hydrogen-bond acceptors (Lipinski definition) is 1. The lowest BCUT2D eigenvalue weighted by atomic mass is 10.1. The fourth-order valence-corrected chi connectivity index (χ4v) is 6.10. The third kappa shape index (κ3) is 3.94. The van der Waals surface area contributed by atoms with Crippen molar-refractivity contribution in [3.05, 3.63) is 97.6 Å². The minimum atomic E-state index is -1.36. The van der Waals surface area contributed by atoms with Crippen molar-refractivity contribution in [3.8, 4) is 0 Å². The molecule has 1 nitrogen and oxygen atoms in total. The van der Waals surface area contributed by atoms with Gasteiger partial charge in [0.15, 0.2) is 0 Å². The van der Waals surface area contributed by atoms with E-state index in [1.807, 2.05) is 6.08 Å². The SMILES string of the molecule is C=CCCCCO[Si](c1cccc2ccccc12)c1cccc2ccccc12. The predicted molar refractivity (Wildman–Crippen MR) is 123 cm³/mol. The standard InChI is InChI=1S/C26H25OSi/c1-2-3-4-9-20-27-28(25-18-10-14-21-12-5-7-16-23(21)25)26-19-11-15-22-13-6-8-17-24(22)26/h2,5-8,10-19H,1,3-4,9,20H2. The van der Waals surface area contributed by atoms with Gasteiger partial charge in [-0.2, -0.15) is 0 Å². The first-order valence-electron chi connectivity index (χ1n) is 9.95. The molecule has 0 N–H and O–H groups in total. The molecule has 2 heteroatoms. The summed E-state index contributed by atoms with van der Waals surface area (Å²) in [6.45, 7) is 4.61. The van der Waals surface area contributed by atoms with E-state index in [9.17, 15) is 0 Å². The zero-order valence-electron chi connectivity index (χ0n) is 16.1. The van der Waals surface area contributed by atoms with Gasteiger partial charge in [0, 0.05) is 6.61 Å². The van der Waals surface area contributed by atoms with Crippen LogP contribution in [0.5, 0.6) is 0 Å². The Kier molecular flexibility index (Phi) is 6.00. The van der Waals surface area contributed by atoms with Gasteiger partial charge in [-0.3, -0.25) is 0 Å². The quantitative estimate of drug-likeness (QED) is 0.223. The predicted octanol–water partition coefficient (Wildman–Crippen LogP) is 5.47. The van der Waals surface area contributed by atoms with E-state index in [0.29, 0.717) is 0 Å². The fraction of sp³-hybridized carbons (Fsp3) is 0.154. The van der Waals surface area contributed by atoms with Gasteiger partial charge in [-0.1, -0.05) is 91.0 Å². The number of hydrogen-bond donors (Lipinski definition) is 0. The van der Waals surface area contributed by atoms with E-state index in [4.69, 9.17) is 4.43 Å². The van der Waals surface area contributed by atoms with E-state index in [0.717, 1.165) is 25.9 Å². The average Bonchev–Trinajstić information content (AvgIpc) is 2.76. The Bertz CT molecular complexity index is 996. The van der Waals surface area contributed by atoms with Crippen molar-refractivity contribution in [2.24, 2.45) is 0 Å². The van der Waals surface area contributed by atoms with Gasteiger partial charge in [-0.25, -0.2) is 0 Å². The van der Waals surface area contributed by atoms with Crippen LogP contribution < -0.4 is 10.4 Å². The van der Waals surface area contributed by atoms with Crippen molar-refractivity contribution >= 4 is 41.0 Å². The maximum absolute atomic E-state index is 6.64. The fourth-order valence-electron chi connectivity index (χ4n) is 3.71. The molecule has 0 bridgehead atoms. The van der Waals surface area contributed by atoms with Crippen LogP contribution in [0, 0.1) is 0 Å². The van der Waals surface area contributed by atoms with Crippen molar-refractivity contribution in [1.29, 1.82) is 0 Å². The maximum Gasteiger partial charge on any atom is 0.284 e. The van der Waals surface area contributed by atoms with Crippen LogP contribution >= 0.6 is 0 Å². The Morgan fingerprint density at radius 2 is 1.21 bits per heavy atom. The van der Waals surface area contributed by atoms with E-state index < -0.39 is 9.04 Å². The summed E-state index contributed by atoms with van der Waals surface area (Å²) >= 11 is 0. The molecule has 0 saturated carbocycles. The summed E-state index contributed by atoms with van der Waals surface area (Å²) in [7, 11) is -1.36. The van der Waals surface area contributed by atoms with Crippen molar-refractivity contribution in [2.75, 3.05) is 6.61 Å². The van der Waals surface area contributed by atoms with E-state index in [2.05, 4.69) is 91.5 Å². The van der Waals surface area contributed by atoms with Gasteiger partial charge >= 0.3 is 0 Å². The van der Waals surface area contributed by atoms with Crippen LogP contribution in [0.1, 0.15) is 19.3 Å². The molecule has 0 atom stereocenters. The highest BCUT2D eigenvalue weighted by Crippen LogP contribution is 2.16.